The number of aliphatic hydroxyl groups is 1. The Morgan fingerprint density at radius 3 is 2.84 bits per heavy atom. The summed E-state index contributed by atoms with van der Waals surface area (Å²) in [4.78, 5) is 4.11. The maximum Gasteiger partial charge on any atom is 0.0710 e. The molecule has 19 heavy (non-hydrogen) atoms. The molecular weight excluding hydrogens is 240 g/mol. The Bertz CT molecular complexity index is 495. The van der Waals surface area contributed by atoms with Gasteiger partial charge in [0.15, 0.2) is 0 Å². The van der Waals surface area contributed by atoms with Gasteiger partial charge in [-0.15, -0.1) is 0 Å². The van der Waals surface area contributed by atoms with Crippen LogP contribution in [0.1, 0.15) is 19.4 Å². The summed E-state index contributed by atoms with van der Waals surface area (Å²) in [7, 11) is 0. The molecule has 0 radical (unpaired) electrons. The number of hydrogen-bond donors (Lipinski definition) is 3. The van der Waals surface area contributed by atoms with E-state index in [-0.39, 0.29) is 12.6 Å². The lowest BCUT2D eigenvalue weighted by atomic mass is 10.0. The summed E-state index contributed by atoms with van der Waals surface area (Å²) in [6.45, 7) is 4.98. The van der Waals surface area contributed by atoms with Crippen molar-refractivity contribution < 1.29 is 5.11 Å². The highest BCUT2D eigenvalue weighted by Gasteiger charge is 2.13. The standard InChI is InChI=1S/C14H20N4O/c1-10(2)13(9-19)16-7-12-8-17-18-14(12)11-4-3-5-15-6-11/h3-6,8,10,13,16,19H,7,9H2,1-2H3,(H,17,18)/t13-/m1/s1. The second kappa shape index (κ2) is 6.45. The molecule has 0 saturated carbocycles. The molecule has 2 rings (SSSR count). The SMILES string of the molecule is CC(C)[C@@H](CO)NCc1cn[nH]c1-c1cccnc1. The lowest BCUT2D eigenvalue weighted by molar-refractivity contribution is 0.210. The van der Waals surface area contributed by atoms with Gasteiger partial charge in [-0.1, -0.05) is 13.8 Å². The van der Waals surface area contributed by atoms with Crippen molar-refractivity contribution in [1.82, 2.24) is 20.5 Å². The first-order valence-corrected chi connectivity index (χ1v) is 6.49. The lowest BCUT2D eigenvalue weighted by Gasteiger charge is -2.19. The minimum Gasteiger partial charge on any atom is -0.395 e. The van der Waals surface area contributed by atoms with Crippen molar-refractivity contribution in [3.8, 4) is 11.3 Å². The van der Waals surface area contributed by atoms with E-state index in [2.05, 4.69) is 34.3 Å². The number of aromatic amines is 1. The van der Waals surface area contributed by atoms with Crippen molar-refractivity contribution in [2.75, 3.05) is 6.61 Å². The van der Waals surface area contributed by atoms with E-state index < -0.39 is 0 Å². The van der Waals surface area contributed by atoms with E-state index in [0.29, 0.717) is 12.5 Å². The van der Waals surface area contributed by atoms with E-state index in [4.69, 9.17) is 0 Å². The van der Waals surface area contributed by atoms with E-state index in [1.807, 2.05) is 24.5 Å². The molecule has 5 nitrogen and oxygen atoms in total. The van der Waals surface area contributed by atoms with Crippen LogP contribution in [-0.2, 0) is 6.54 Å². The van der Waals surface area contributed by atoms with Gasteiger partial charge in [-0.3, -0.25) is 10.1 Å². The Hall–Kier alpha value is -1.72. The van der Waals surface area contributed by atoms with Crippen LogP contribution in [0, 0.1) is 5.92 Å². The van der Waals surface area contributed by atoms with Gasteiger partial charge < -0.3 is 10.4 Å². The molecule has 2 aromatic rings. The minimum atomic E-state index is 0.0941. The van der Waals surface area contributed by atoms with Crippen molar-refractivity contribution in [2.24, 2.45) is 5.92 Å². The molecule has 0 unspecified atom stereocenters. The van der Waals surface area contributed by atoms with Gasteiger partial charge in [-0.2, -0.15) is 5.10 Å². The summed E-state index contributed by atoms with van der Waals surface area (Å²) in [5, 5.41) is 19.8. The van der Waals surface area contributed by atoms with Crippen LogP contribution in [0.15, 0.2) is 30.7 Å². The molecule has 3 N–H and O–H groups in total. The molecule has 0 saturated heterocycles. The number of nitrogens with one attached hydrogen (secondary N) is 2. The third kappa shape index (κ3) is 3.39. The smallest absolute Gasteiger partial charge is 0.0710 e. The second-order valence-electron chi connectivity index (χ2n) is 4.93. The molecule has 2 aromatic heterocycles. The monoisotopic (exact) mass is 260 g/mol. The summed E-state index contributed by atoms with van der Waals surface area (Å²) in [5.74, 6) is 0.388. The Balaban J connectivity index is 2.08. The number of aromatic nitrogens is 3. The van der Waals surface area contributed by atoms with Gasteiger partial charge in [0.25, 0.3) is 0 Å². The zero-order valence-electron chi connectivity index (χ0n) is 11.3. The van der Waals surface area contributed by atoms with Crippen LogP contribution >= 0.6 is 0 Å². The summed E-state index contributed by atoms with van der Waals surface area (Å²) in [6, 6.07) is 3.99. The second-order valence-corrected chi connectivity index (χ2v) is 4.93. The molecule has 5 heteroatoms. The van der Waals surface area contributed by atoms with Gasteiger partial charge >= 0.3 is 0 Å². The van der Waals surface area contributed by atoms with Gasteiger partial charge in [0.05, 0.1) is 18.5 Å². The van der Waals surface area contributed by atoms with E-state index in [0.717, 1.165) is 16.8 Å². The Morgan fingerprint density at radius 1 is 1.37 bits per heavy atom. The van der Waals surface area contributed by atoms with Crippen LogP contribution < -0.4 is 5.32 Å². The summed E-state index contributed by atoms with van der Waals surface area (Å²) in [5.41, 5.74) is 3.06. The van der Waals surface area contributed by atoms with Crippen LogP contribution in [0.25, 0.3) is 11.3 Å². The summed E-state index contributed by atoms with van der Waals surface area (Å²) >= 11 is 0. The van der Waals surface area contributed by atoms with Crippen molar-refractivity contribution in [3.63, 3.8) is 0 Å². The Kier molecular flexibility index (Phi) is 4.65. The fourth-order valence-corrected chi connectivity index (χ4v) is 1.96. The molecule has 0 aliphatic heterocycles. The van der Waals surface area contributed by atoms with Gasteiger partial charge in [0.1, 0.15) is 0 Å². The van der Waals surface area contributed by atoms with Crippen LogP contribution in [0.2, 0.25) is 0 Å². The minimum absolute atomic E-state index is 0.0941. The number of hydrogen-bond acceptors (Lipinski definition) is 4. The van der Waals surface area contributed by atoms with E-state index in [9.17, 15) is 5.11 Å². The normalized spacial score (nSPS) is 12.8. The fraction of sp³-hybridized carbons (Fsp3) is 0.429. The molecule has 0 aliphatic rings. The molecule has 0 fully saturated rings. The van der Waals surface area contributed by atoms with Gasteiger partial charge in [0.2, 0.25) is 0 Å². The Morgan fingerprint density at radius 2 is 2.21 bits per heavy atom. The molecule has 0 aliphatic carbocycles. The maximum atomic E-state index is 9.32. The van der Waals surface area contributed by atoms with Crippen LogP contribution in [0.3, 0.4) is 0 Å². The number of nitrogens with zero attached hydrogens (tertiary/aromatic N) is 2. The first kappa shape index (κ1) is 13.7. The van der Waals surface area contributed by atoms with Gasteiger partial charge in [-0.25, -0.2) is 0 Å². The topological polar surface area (TPSA) is 73.8 Å². The summed E-state index contributed by atoms with van der Waals surface area (Å²) in [6.07, 6.45) is 5.37. The quantitative estimate of drug-likeness (QED) is 0.737. The molecule has 102 valence electrons. The van der Waals surface area contributed by atoms with Gasteiger partial charge in [-0.05, 0) is 18.1 Å². The van der Waals surface area contributed by atoms with Crippen LogP contribution in [0.5, 0.6) is 0 Å². The first-order chi connectivity index (χ1) is 9.22. The fourth-order valence-electron chi connectivity index (χ4n) is 1.96. The van der Waals surface area contributed by atoms with E-state index in [1.54, 1.807) is 6.20 Å². The predicted molar refractivity (Wildman–Crippen MR) is 74.4 cm³/mol. The first-order valence-electron chi connectivity index (χ1n) is 6.49. The van der Waals surface area contributed by atoms with Crippen LogP contribution in [0.4, 0.5) is 0 Å². The molecule has 1 atom stereocenters. The Labute approximate surface area is 113 Å². The number of rotatable bonds is 6. The van der Waals surface area contributed by atoms with E-state index in [1.165, 1.54) is 0 Å². The molecule has 0 aromatic carbocycles. The number of pyridine rings is 1. The number of H-pyrrole nitrogens is 1. The molecular formula is C14H20N4O. The number of aliphatic hydroxyl groups excluding tert-OH is 1. The molecule has 0 bridgehead atoms. The van der Waals surface area contributed by atoms with Crippen molar-refractivity contribution in [2.45, 2.75) is 26.4 Å². The molecule has 2 heterocycles. The lowest BCUT2D eigenvalue weighted by Crippen LogP contribution is -2.36. The van der Waals surface area contributed by atoms with Crippen LogP contribution in [-0.4, -0.2) is 32.9 Å². The van der Waals surface area contributed by atoms with Crippen molar-refractivity contribution >= 4 is 0 Å². The third-order valence-electron chi connectivity index (χ3n) is 3.22. The third-order valence-corrected chi connectivity index (χ3v) is 3.22. The van der Waals surface area contributed by atoms with Crippen molar-refractivity contribution in [1.29, 1.82) is 0 Å². The average molecular weight is 260 g/mol. The maximum absolute atomic E-state index is 9.32. The predicted octanol–water partition coefficient (Wildman–Crippen LogP) is 1.58. The summed E-state index contributed by atoms with van der Waals surface area (Å²) < 4.78 is 0. The van der Waals surface area contributed by atoms with E-state index >= 15 is 0 Å². The highest BCUT2D eigenvalue weighted by atomic mass is 16.3. The van der Waals surface area contributed by atoms with Crippen molar-refractivity contribution in [3.05, 3.63) is 36.3 Å². The highest BCUT2D eigenvalue weighted by molar-refractivity contribution is 5.61. The molecule has 0 amide bonds. The largest absolute Gasteiger partial charge is 0.395 e. The molecule has 0 spiro atoms. The average Bonchev–Trinajstić information content (AvgIpc) is 2.88. The zero-order valence-corrected chi connectivity index (χ0v) is 11.3. The zero-order chi connectivity index (χ0) is 13.7. The highest BCUT2D eigenvalue weighted by Crippen LogP contribution is 2.19. The van der Waals surface area contributed by atoms with Gasteiger partial charge in [0, 0.05) is 36.1 Å².